The number of nitro groups is 1. The van der Waals surface area contributed by atoms with Crippen LogP contribution in [0.25, 0.3) is 17.4 Å². The van der Waals surface area contributed by atoms with Crippen molar-refractivity contribution in [2.45, 2.75) is 19.9 Å². The average Bonchev–Trinajstić information content (AvgIpc) is 3.58. The first-order chi connectivity index (χ1) is 21.1. The molecular weight excluding hydrogens is 623 g/mol. The number of amides is 1. The number of hydrogen-bond acceptors (Lipinski definition) is 7. The van der Waals surface area contributed by atoms with E-state index in [9.17, 15) is 19.7 Å². The summed E-state index contributed by atoms with van der Waals surface area (Å²) in [6, 6.07) is 21.9. The molecule has 0 aliphatic carbocycles. The Morgan fingerprint density at radius 1 is 1.05 bits per heavy atom. The number of carbonyl (C=O) groups excluding carboxylic acids is 1. The van der Waals surface area contributed by atoms with E-state index in [1.807, 2.05) is 49.4 Å². The maximum Gasteiger partial charge on any atom is 0.289 e. The molecule has 2 aromatic heterocycles. The first-order valence-electron chi connectivity index (χ1n) is 13.3. The van der Waals surface area contributed by atoms with E-state index in [2.05, 4.69) is 10.3 Å². The molecule has 1 aliphatic rings. The van der Waals surface area contributed by atoms with E-state index in [4.69, 9.17) is 27.6 Å². The first kappa shape index (κ1) is 29.3. The van der Waals surface area contributed by atoms with E-state index in [-0.39, 0.29) is 27.2 Å². The molecule has 3 aromatic carbocycles. The Morgan fingerprint density at radius 3 is 2.48 bits per heavy atom. The SMILES string of the molecule is CC1=C(C(=O)Nc2ccccc2)C(c2ccc(C)cc2)n2c(s/c(=C/c3ccc(-c4cc(Cl)c([N+](=O)[O-])cc4Cl)o3)c2=O)=N1. The second kappa shape index (κ2) is 11.7. The number of aromatic nitrogens is 1. The van der Waals surface area contributed by atoms with Crippen LogP contribution in [0.1, 0.15) is 29.9 Å². The number of nitrogens with zero attached hydrogens (tertiary/aromatic N) is 3. The number of hydrogen-bond donors (Lipinski definition) is 1. The molecule has 1 N–H and O–H groups in total. The number of nitro benzene ring substituents is 1. The fourth-order valence-electron chi connectivity index (χ4n) is 4.97. The van der Waals surface area contributed by atoms with Gasteiger partial charge in [-0.3, -0.25) is 24.3 Å². The number of nitrogens with one attached hydrogen (secondary N) is 1. The van der Waals surface area contributed by atoms with Crippen molar-refractivity contribution in [3.63, 3.8) is 0 Å². The average molecular weight is 646 g/mol. The van der Waals surface area contributed by atoms with Crippen LogP contribution in [0, 0.1) is 17.0 Å². The van der Waals surface area contributed by atoms with E-state index < -0.39 is 11.0 Å². The summed E-state index contributed by atoms with van der Waals surface area (Å²) in [7, 11) is 0. The van der Waals surface area contributed by atoms with Crippen LogP contribution < -0.4 is 20.2 Å². The molecule has 0 bridgehead atoms. The van der Waals surface area contributed by atoms with Gasteiger partial charge in [-0.25, -0.2) is 4.99 Å². The molecule has 0 saturated carbocycles. The van der Waals surface area contributed by atoms with Crippen molar-refractivity contribution in [2.75, 3.05) is 5.32 Å². The summed E-state index contributed by atoms with van der Waals surface area (Å²) >= 11 is 13.6. The lowest BCUT2D eigenvalue weighted by Crippen LogP contribution is -2.40. The molecule has 1 atom stereocenters. The number of aryl methyl sites for hydroxylation is 1. The quantitative estimate of drug-likeness (QED) is 0.164. The number of benzene rings is 3. The summed E-state index contributed by atoms with van der Waals surface area (Å²) in [6.45, 7) is 3.73. The number of anilines is 1. The second-order valence-corrected chi connectivity index (χ2v) is 11.9. The second-order valence-electron chi connectivity index (χ2n) is 10.1. The summed E-state index contributed by atoms with van der Waals surface area (Å²) in [5.41, 5.74) is 3.01. The highest BCUT2D eigenvalue weighted by molar-refractivity contribution is 7.07. The zero-order valence-electron chi connectivity index (χ0n) is 23.2. The molecule has 1 unspecified atom stereocenters. The summed E-state index contributed by atoms with van der Waals surface area (Å²) in [4.78, 5) is 43.3. The highest BCUT2D eigenvalue weighted by Crippen LogP contribution is 2.37. The summed E-state index contributed by atoms with van der Waals surface area (Å²) < 4.78 is 7.83. The van der Waals surface area contributed by atoms with Crippen molar-refractivity contribution >= 4 is 57.9 Å². The maximum atomic E-state index is 14.0. The fraction of sp³-hybridized carbons (Fsp3) is 0.0938. The van der Waals surface area contributed by atoms with Gasteiger partial charge in [0.2, 0.25) is 0 Å². The zero-order valence-corrected chi connectivity index (χ0v) is 25.5. The van der Waals surface area contributed by atoms with E-state index >= 15 is 0 Å². The van der Waals surface area contributed by atoms with Gasteiger partial charge in [0.05, 0.1) is 31.8 Å². The predicted molar refractivity (Wildman–Crippen MR) is 171 cm³/mol. The van der Waals surface area contributed by atoms with Crippen LogP contribution in [0.3, 0.4) is 0 Å². The van der Waals surface area contributed by atoms with Crippen molar-refractivity contribution in [1.29, 1.82) is 0 Å². The van der Waals surface area contributed by atoms with Crippen LogP contribution in [0.15, 0.2) is 104 Å². The number of para-hydroxylation sites is 1. The number of carbonyl (C=O) groups is 1. The monoisotopic (exact) mass is 644 g/mol. The summed E-state index contributed by atoms with van der Waals surface area (Å²) in [5.74, 6) is 0.311. The van der Waals surface area contributed by atoms with Crippen LogP contribution in [-0.2, 0) is 4.79 Å². The Kier molecular flexibility index (Phi) is 7.81. The van der Waals surface area contributed by atoms with Gasteiger partial charge in [0.15, 0.2) is 4.80 Å². The van der Waals surface area contributed by atoms with Gasteiger partial charge in [0.25, 0.3) is 17.2 Å². The first-order valence-corrected chi connectivity index (χ1v) is 14.9. The highest BCUT2D eigenvalue weighted by Gasteiger charge is 2.32. The lowest BCUT2D eigenvalue weighted by Gasteiger charge is -2.25. The van der Waals surface area contributed by atoms with Gasteiger partial charge in [0, 0.05) is 23.4 Å². The predicted octanol–water partition coefficient (Wildman–Crippen LogP) is 6.66. The maximum absolute atomic E-state index is 14.0. The number of furan rings is 1. The third-order valence-corrected chi connectivity index (χ3v) is 8.69. The smallest absolute Gasteiger partial charge is 0.289 e. The standard InChI is InChI=1S/C32H22Cl2N4O5S/c1-17-8-10-19(11-9-17)29-28(30(39)36-20-6-4-3-5-7-20)18(2)35-32-37(29)31(40)27(44-32)14-21-12-13-26(43-21)22-15-24(34)25(38(41)42)16-23(22)33/h3-16,29H,1-2H3,(H,36,39)/b27-14+. The van der Waals surface area contributed by atoms with Crippen molar-refractivity contribution in [1.82, 2.24) is 4.57 Å². The molecule has 1 amide bonds. The Morgan fingerprint density at radius 2 is 1.77 bits per heavy atom. The zero-order chi connectivity index (χ0) is 31.1. The topological polar surface area (TPSA) is 120 Å². The van der Waals surface area contributed by atoms with Gasteiger partial charge in [0.1, 0.15) is 16.5 Å². The van der Waals surface area contributed by atoms with Crippen molar-refractivity contribution < 1.29 is 14.1 Å². The van der Waals surface area contributed by atoms with Crippen molar-refractivity contribution in [2.24, 2.45) is 4.99 Å². The Bertz CT molecular complexity index is 2170. The molecular formula is C32H22Cl2N4O5S. The van der Waals surface area contributed by atoms with Gasteiger partial charge >= 0.3 is 0 Å². The molecule has 3 heterocycles. The van der Waals surface area contributed by atoms with E-state index in [1.165, 1.54) is 28.0 Å². The highest BCUT2D eigenvalue weighted by atomic mass is 35.5. The number of rotatable bonds is 6. The van der Waals surface area contributed by atoms with Gasteiger partial charge < -0.3 is 9.73 Å². The minimum absolute atomic E-state index is 0.0840. The van der Waals surface area contributed by atoms with Crippen LogP contribution >= 0.6 is 34.5 Å². The number of thiazole rings is 1. The molecule has 220 valence electrons. The molecule has 9 nitrogen and oxygen atoms in total. The third-order valence-electron chi connectivity index (χ3n) is 7.09. The van der Waals surface area contributed by atoms with Gasteiger partial charge in [-0.05, 0) is 49.7 Å². The Labute approximate surface area is 264 Å². The van der Waals surface area contributed by atoms with E-state index in [1.54, 1.807) is 37.3 Å². The molecule has 44 heavy (non-hydrogen) atoms. The van der Waals surface area contributed by atoms with Gasteiger partial charge in [-0.1, -0.05) is 82.6 Å². The Balaban J connectivity index is 1.43. The number of halogens is 2. The van der Waals surface area contributed by atoms with Crippen LogP contribution in [0.2, 0.25) is 10.0 Å². The van der Waals surface area contributed by atoms with Gasteiger partial charge in [-0.2, -0.15) is 0 Å². The summed E-state index contributed by atoms with van der Waals surface area (Å²) in [6.07, 6.45) is 1.59. The van der Waals surface area contributed by atoms with Crippen molar-refractivity contribution in [3.8, 4) is 11.3 Å². The Hall–Kier alpha value is -4.77. The molecule has 0 saturated heterocycles. The molecule has 12 heteroatoms. The van der Waals surface area contributed by atoms with E-state index in [0.29, 0.717) is 43.4 Å². The number of fused-ring (bicyclic) bond motifs is 1. The summed E-state index contributed by atoms with van der Waals surface area (Å²) in [5, 5.41) is 14.2. The number of allylic oxidation sites excluding steroid dienone is 1. The third kappa shape index (κ3) is 5.50. The minimum Gasteiger partial charge on any atom is -0.457 e. The normalized spacial score (nSPS) is 14.7. The lowest BCUT2D eigenvalue weighted by molar-refractivity contribution is -0.384. The van der Waals surface area contributed by atoms with Crippen LogP contribution in [0.4, 0.5) is 11.4 Å². The molecule has 1 aliphatic heterocycles. The molecule has 0 radical (unpaired) electrons. The van der Waals surface area contributed by atoms with E-state index in [0.717, 1.165) is 11.1 Å². The fourth-order valence-corrected chi connectivity index (χ4v) is 6.48. The molecule has 5 aromatic rings. The van der Waals surface area contributed by atoms with Gasteiger partial charge in [-0.15, -0.1) is 0 Å². The van der Waals surface area contributed by atoms with Crippen molar-refractivity contribution in [3.05, 3.63) is 147 Å². The van der Waals surface area contributed by atoms with Crippen LogP contribution in [-0.4, -0.2) is 15.4 Å². The molecule has 6 rings (SSSR count). The molecule has 0 spiro atoms. The lowest BCUT2D eigenvalue weighted by atomic mass is 9.94. The molecule has 0 fully saturated rings. The largest absolute Gasteiger partial charge is 0.457 e. The van der Waals surface area contributed by atoms with Crippen LogP contribution in [0.5, 0.6) is 0 Å². The minimum atomic E-state index is -0.717.